The molecule has 1 aromatic heterocycles. The summed E-state index contributed by atoms with van der Waals surface area (Å²) in [5, 5.41) is 1.49. The molecule has 0 saturated carbocycles. The lowest BCUT2D eigenvalue weighted by atomic mass is 10.7. The highest BCUT2D eigenvalue weighted by Gasteiger charge is 2.12. The maximum atomic E-state index is 5.05. The lowest BCUT2D eigenvalue weighted by molar-refractivity contribution is 0.180. The number of halogens is 1. The molecule has 0 saturated heterocycles. The van der Waals surface area contributed by atoms with Crippen molar-refractivity contribution in [3.05, 3.63) is 0 Å². The second kappa shape index (κ2) is 6.41. The van der Waals surface area contributed by atoms with Gasteiger partial charge in [-0.2, -0.15) is 15.0 Å². The number of nitrogens with zero attached hydrogens (tertiary/aromatic N) is 6. The molecule has 0 amide bonds. The minimum Gasteiger partial charge on any atom is -0.347 e. The van der Waals surface area contributed by atoms with Crippen molar-refractivity contribution >= 4 is 30.3 Å². The summed E-state index contributed by atoms with van der Waals surface area (Å²) in [7, 11) is 10.8. The molecule has 0 spiro atoms. The van der Waals surface area contributed by atoms with E-state index < -0.39 is 0 Å². The average Bonchev–Trinajstić information content (AvgIpc) is 2.27. The quantitative estimate of drug-likeness (QED) is 0.729. The van der Waals surface area contributed by atoms with E-state index in [0.717, 1.165) is 0 Å². The third-order valence-corrected chi connectivity index (χ3v) is 1.96. The Hall–Kier alpha value is -1.34. The maximum Gasteiger partial charge on any atom is 0.256 e. The predicted molar refractivity (Wildman–Crippen MR) is 71.1 cm³/mol. The van der Waals surface area contributed by atoms with Gasteiger partial charge in [0.25, 0.3) is 5.95 Å². The molecule has 0 atom stereocenters. The Bertz CT molecular complexity index is 333. The standard InChI is InChI=1S/C9H18N6O.ClH/c1-13(2)7-10-8(14(3)4)12-9(11-7)15(5)16-6;/h1-6H3;1H. The zero-order valence-corrected chi connectivity index (χ0v) is 11.8. The van der Waals surface area contributed by atoms with Crippen LogP contribution >= 0.6 is 12.4 Å². The summed E-state index contributed by atoms with van der Waals surface area (Å²) in [6, 6.07) is 0. The van der Waals surface area contributed by atoms with Crippen molar-refractivity contribution in [1.29, 1.82) is 0 Å². The minimum absolute atomic E-state index is 0. The van der Waals surface area contributed by atoms with Crippen molar-refractivity contribution in [3.8, 4) is 0 Å². The molecule has 0 aliphatic carbocycles. The first-order chi connectivity index (χ1) is 7.45. The van der Waals surface area contributed by atoms with E-state index in [2.05, 4.69) is 15.0 Å². The molecule has 0 aliphatic heterocycles. The van der Waals surface area contributed by atoms with Gasteiger partial charge in [-0.25, -0.2) is 5.06 Å². The summed E-state index contributed by atoms with van der Waals surface area (Å²) in [6.45, 7) is 0. The zero-order chi connectivity index (χ0) is 12.3. The molecule has 0 unspecified atom stereocenters. The third-order valence-electron chi connectivity index (χ3n) is 1.96. The molecule has 1 rings (SSSR count). The van der Waals surface area contributed by atoms with Crippen LogP contribution in [0.1, 0.15) is 0 Å². The molecule has 0 radical (unpaired) electrons. The predicted octanol–water partition coefficient (Wildman–Crippen LogP) is 0.423. The van der Waals surface area contributed by atoms with Gasteiger partial charge in [-0.15, -0.1) is 12.4 Å². The van der Waals surface area contributed by atoms with E-state index in [4.69, 9.17) is 4.84 Å². The van der Waals surface area contributed by atoms with Crippen LogP contribution in [0.2, 0.25) is 0 Å². The number of rotatable bonds is 4. The van der Waals surface area contributed by atoms with Crippen molar-refractivity contribution in [2.75, 3.05) is 57.2 Å². The molecular formula is C9H19ClN6O. The first kappa shape index (κ1) is 15.7. The fourth-order valence-electron chi connectivity index (χ4n) is 0.966. The molecular weight excluding hydrogens is 244 g/mol. The molecule has 1 aromatic rings. The van der Waals surface area contributed by atoms with Gasteiger partial charge in [0.2, 0.25) is 11.9 Å². The van der Waals surface area contributed by atoms with Gasteiger partial charge in [0, 0.05) is 35.2 Å². The van der Waals surface area contributed by atoms with E-state index in [1.807, 2.05) is 38.0 Å². The van der Waals surface area contributed by atoms with Gasteiger partial charge < -0.3 is 9.80 Å². The third kappa shape index (κ3) is 3.86. The van der Waals surface area contributed by atoms with Crippen LogP contribution in [0, 0.1) is 0 Å². The van der Waals surface area contributed by atoms with Gasteiger partial charge in [-0.1, -0.05) is 0 Å². The van der Waals surface area contributed by atoms with Crippen LogP contribution in [0.15, 0.2) is 0 Å². The van der Waals surface area contributed by atoms with Crippen LogP contribution in [0.3, 0.4) is 0 Å². The minimum atomic E-state index is 0. The lowest BCUT2D eigenvalue weighted by Crippen LogP contribution is -2.24. The van der Waals surface area contributed by atoms with E-state index in [1.54, 1.807) is 14.2 Å². The Kier molecular flexibility index (Phi) is 5.90. The highest BCUT2D eigenvalue weighted by molar-refractivity contribution is 5.85. The van der Waals surface area contributed by atoms with Crippen LogP contribution in [0.25, 0.3) is 0 Å². The van der Waals surface area contributed by atoms with Gasteiger partial charge in [-0.3, -0.25) is 4.84 Å². The first-order valence-electron chi connectivity index (χ1n) is 4.84. The largest absolute Gasteiger partial charge is 0.347 e. The Morgan fingerprint density at radius 1 is 0.765 bits per heavy atom. The number of aromatic nitrogens is 3. The van der Waals surface area contributed by atoms with Crippen molar-refractivity contribution < 1.29 is 4.84 Å². The molecule has 1 heterocycles. The normalized spacial score (nSPS) is 9.53. The molecule has 0 bridgehead atoms. The number of hydrogen-bond acceptors (Lipinski definition) is 7. The monoisotopic (exact) mass is 262 g/mol. The molecule has 7 nitrogen and oxygen atoms in total. The van der Waals surface area contributed by atoms with Crippen LogP contribution in [-0.4, -0.2) is 57.3 Å². The lowest BCUT2D eigenvalue weighted by Gasteiger charge is -2.19. The summed E-state index contributed by atoms with van der Waals surface area (Å²) < 4.78 is 0. The second-order valence-electron chi connectivity index (χ2n) is 3.70. The van der Waals surface area contributed by atoms with Crippen molar-refractivity contribution in [2.24, 2.45) is 0 Å². The average molecular weight is 263 g/mol. The number of hydroxylamine groups is 1. The Morgan fingerprint density at radius 3 is 1.41 bits per heavy atom. The molecule has 0 N–H and O–H groups in total. The maximum absolute atomic E-state index is 5.05. The smallest absolute Gasteiger partial charge is 0.256 e. The number of hydrogen-bond donors (Lipinski definition) is 0. The second-order valence-corrected chi connectivity index (χ2v) is 3.70. The zero-order valence-electron chi connectivity index (χ0n) is 11.0. The molecule has 17 heavy (non-hydrogen) atoms. The molecule has 98 valence electrons. The topological polar surface area (TPSA) is 57.6 Å². The van der Waals surface area contributed by atoms with Gasteiger partial charge in [0.05, 0.1) is 7.11 Å². The van der Waals surface area contributed by atoms with Gasteiger partial charge >= 0.3 is 0 Å². The van der Waals surface area contributed by atoms with Gasteiger partial charge in [-0.05, 0) is 0 Å². The molecule has 0 fully saturated rings. The van der Waals surface area contributed by atoms with Gasteiger partial charge in [0.15, 0.2) is 0 Å². The number of anilines is 3. The van der Waals surface area contributed by atoms with Crippen molar-refractivity contribution in [2.45, 2.75) is 0 Å². The fourth-order valence-corrected chi connectivity index (χ4v) is 0.966. The van der Waals surface area contributed by atoms with E-state index in [1.165, 1.54) is 5.06 Å². The summed E-state index contributed by atoms with van der Waals surface area (Å²) in [5.41, 5.74) is 0. The van der Waals surface area contributed by atoms with E-state index in [0.29, 0.717) is 17.8 Å². The van der Waals surface area contributed by atoms with E-state index in [-0.39, 0.29) is 12.4 Å². The summed E-state index contributed by atoms with van der Waals surface area (Å²) in [5.74, 6) is 1.67. The van der Waals surface area contributed by atoms with Gasteiger partial charge in [0.1, 0.15) is 0 Å². The van der Waals surface area contributed by atoms with Crippen molar-refractivity contribution in [3.63, 3.8) is 0 Å². The Labute approximate surface area is 108 Å². The van der Waals surface area contributed by atoms with Crippen molar-refractivity contribution in [1.82, 2.24) is 15.0 Å². The van der Waals surface area contributed by atoms with Crippen LogP contribution in [0.4, 0.5) is 17.8 Å². The Morgan fingerprint density at radius 2 is 1.12 bits per heavy atom. The van der Waals surface area contributed by atoms with Crippen LogP contribution < -0.4 is 14.9 Å². The highest BCUT2D eigenvalue weighted by atomic mass is 35.5. The molecule has 0 aromatic carbocycles. The molecule has 0 aliphatic rings. The van der Waals surface area contributed by atoms with Crippen LogP contribution in [-0.2, 0) is 4.84 Å². The Balaban J connectivity index is 0.00000256. The summed E-state index contributed by atoms with van der Waals surface area (Å²) >= 11 is 0. The highest BCUT2D eigenvalue weighted by Crippen LogP contribution is 2.15. The SMILES string of the molecule is CON(C)c1nc(N(C)C)nc(N(C)C)n1.Cl. The van der Waals surface area contributed by atoms with Crippen LogP contribution in [0.5, 0.6) is 0 Å². The van der Waals surface area contributed by atoms with E-state index in [9.17, 15) is 0 Å². The fraction of sp³-hybridized carbons (Fsp3) is 0.667. The van der Waals surface area contributed by atoms with E-state index >= 15 is 0 Å². The first-order valence-corrected chi connectivity index (χ1v) is 4.84. The summed E-state index contributed by atoms with van der Waals surface area (Å²) in [4.78, 5) is 21.5. The molecule has 8 heteroatoms. The summed E-state index contributed by atoms with van der Waals surface area (Å²) in [6.07, 6.45) is 0.